The van der Waals surface area contributed by atoms with Gasteiger partial charge < -0.3 is 19.9 Å². The second-order valence-electron chi connectivity index (χ2n) is 9.83. The van der Waals surface area contributed by atoms with Crippen molar-refractivity contribution >= 4 is 41.4 Å². The number of ether oxygens (including phenoxy) is 2. The maximum atomic E-state index is 15.4. The van der Waals surface area contributed by atoms with Crippen LogP contribution in [-0.4, -0.2) is 80.5 Å². The zero-order valence-corrected chi connectivity index (χ0v) is 24.0. The van der Waals surface area contributed by atoms with Crippen molar-refractivity contribution < 1.29 is 51.9 Å². The molecule has 2 aliphatic heterocycles. The molecule has 3 unspecified atom stereocenters. The first-order chi connectivity index (χ1) is 18.1. The van der Waals surface area contributed by atoms with E-state index in [1.807, 2.05) is 0 Å². The van der Waals surface area contributed by atoms with E-state index < -0.39 is 66.5 Å². The monoisotopic (exact) mass is 644 g/mol. The van der Waals surface area contributed by atoms with Crippen LogP contribution in [-0.2, 0) is 37.2 Å². The van der Waals surface area contributed by atoms with E-state index >= 15 is 4.39 Å². The number of carbonyl (C=O) groups excluding carboxylic acids is 2. The first-order valence-electron chi connectivity index (χ1n) is 11.8. The number of rotatable bonds is 10. The molecule has 1 aromatic heterocycles. The molecule has 1 amide bonds. The summed E-state index contributed by atoms with van der Waals surface area (Å²) in [6.45, 7) is 5.67. The zero-order valence-electron chi connectivity index (χ0n) is 21.5. The smallest absolute Gasteiger partial charge is 0.463 e. The maximum absolute atomic E-state index is 15.4. The number of carbonyl (C=O) groups is 2. The average Bonchev–Trinajstić information content (AvgIpc) is 3.07. The largest absolute Gasteiger partial charge is 0.475 e. The standard InChI is InChI=1S/C21H31BrFN4O11P/c1-11(2)36-14(28)5-7-24-17(30)16-20(3,4)10-35-39(33,38-16)34-9-12-15(29)21(22,23)18(37-12)27-8-6-13(26-32)25-19(27)31/h6,8,11-12,15-16,18,29,32H,5,7,9-10H2,1-4H3,(H,24,30)(H,25,26,31)/t12-,15?,16+,18-,21?,39?/m1/s1. The lowest BCUT2D eigenvalue weighted by Crippen LogP contribution is -2.50. The number of hydrogen-bond donors (Lipinski definition) is 4. The van der Waals surface area contributed by atoms with Crippen LogP contribution in [0.15, 0.2) is 17.1 Å². The third kappa shape index (κ3) is 7.41. The summed E-state index contributed by atoms with van der Waals surface area (Å²) in [6.07, 6.45) is -5.72. The van der Waals surface area contributed by atoms with Crippen LogP contribution in [0.25, 0.3) is 0 Å². The van der Waals surface area contributed by atoms with Crippen molar-refractivity contribution in [3.63, 3.8) is 0 Å². The molecule has 0 aromatic carbocycles. The van der Waals surface area contributed by atoms with E-state index in [0.29, 0.717) is 0 Å². The zero-order chi connectivity index (χ0) is 29.2. The minimum absolute atomic E-state index is 0.0523. The Hall–Kier alpha value is -1.98. The Morgan fingerprint density at radius 3 is 2.72 bits per heavy atom. The fourth-order valence-corrected chi connectivity index (χ4v) is 6.00. The molecular formula is C21H31BrFN4O11P. The Balaban J connectivity index is 1.64. The van der Waals surface area contributed by atoms with Crippen molar-refractivity contribution in [2.75, 3.05) is 25.2 Å². The number of aliphatic hydroxyl groups is 1. The number of nitrogens with zero attached hydrogens (tertiary/aromatic N) is 2. The predicted molar refractivity (Wildman–Crippen MR) is 134 cm³/mol. The van der Waals surface area contributed by atoms with E-state index in [0.717, 1.165) is 16.8 Å². The van der Waals surface area contributed by atoms with Gasteiger partial charge in [0.2, 0.25) is 10.5 Å². The minimum Gasteiger partial charge on any atom is -0.463 e. The van der Waals surface area contributed by atoms with Crippen LogP contribution >= 0.6 is 23.8 Å². The number of nitrogens with one attached hydrogen (secondary N) is 2. The minimum atomic E-state index is -4.40. The van der Waals surface area contributed by atoms with Gasteiger partial charge in [0.25, 0.3) is 0 Å². The molecule has 1 aromatic rings. The quantitative estimate of drug-likeness (QED) is 0.123. The molecule has 0 saturated carbocycles. The summed E-state index contributed by atoms with van der Waals surface area (Å²) < 4.78 is 53.0. The number of hydrogen-bond acceptors (Lipinski definition) is 13. The van der Waals surface area contributed by atoms with Crippen molar-refractivity contribution in [1.29, 1.82) is 0 Å². The Morgan fingerprint density at radius 2 is 2.10 bits per heavy atom. The van der Waals surface area contributed by atoms with Gasteiger partial charge in [-0.15, -0.1) is 0 Å². The second kappa shape index (κ2) is 12.3. The molecule has 0 spiro atoms. The van der Waals surface area contributed by atoms with Gasteiger partial charge in [-0.05, 0) is 35.8 Å². The number of aromatic nitrogens is 2. The summed E-state index contributed by atoms with van der Waals surface area (Å²) in [5.74, 6) is -1.37. The topological polar surface area (TPSA) is 197 Å². The Kier molecular flexibility index (Phi) is 9.92. The highest BCUT2D eigenvalue weighted by Gasteiger charge is 2.58. The SMILES string of the molecule is CC(C)OC(=O)CCNC(=O)[C@@H]1OP(=O)(OC[C@H]2O[C@@H](n3ccc(NO)nc3=O)C(F)(Br)C2O)OCC1(C)C. The molecule has 0 radical (unpaired) electrons. The van der Waals surface area contributed by atoms with Gasteiger partial charge in [0.1, 0.15) is 12.2 Å². The van der Waals surface area contributed by atoms with E-state index in [1.54, 1.807) is 33.2 Å². The third-order valence-corrected chi connectivity index (χ3v) is 7.99. The summed E-state index contributed by atoms with van der Waals surface area (Å²) >= 11 is 2.72. The molecule has 2 saturated heterocycles. The molecule has 6 atom stereocenters. The number of phosphoric acid groups is 1. The van der Waals surface area contributed by atoms with Gasteiger partial charge in [0.05, 0.1) is 25.7 Å². The van der Waals surface area contributed by atoms with E-state index in [4.69, 9.17) is 28.3 Å². The summed E-state index contributed by atoms with van der Waals surface area (Å²) in [4.78, 5) is 40.2. The Morgan fingerprint density at radius 1 is 1.41 bits per heavy atom. The Labute approximate surface area is 231 Å². The van der Waals surface area contributed by atoms with Gasteiger partial charge in [-0.25, -0.2) is 13.8 Å². The van der Waals surface area contributed by atoms with Crippen molar-refractivity contribution in [2.45, 2.75) is 69.3 Å². The number of alkyl halides is 2. The fourth-order valence-electron chi connectivity index (χ4n) is 3.72. The molecule has 18 heteroatoms. The second-order valence-corrected chi connectivity index (χ2v) is 12.7. The van der Waals surface area contributed by atoms with Crippen LogP contribution in [0.3, 0.4) is 0 Å². The highest BCUT2D eigenvalue weighted by molar-refractivity contribution is 9.10. The summed E-state index contributed by atoms with van der Waals surface area (Å²) in [5.41, 5.74) is -0.271. The van der Waals surface area contributed by atoms with Gasteiger partial charge >= 0.3 is 19.5 Å². The third-order valence-electron chi connectivity index (χ3n) is 5.75. The van der Waals surface area contributed by atoms with Crippen LogP contribution in [0.4, 0.5) is 10.2 Å². The highest BCUT2D eigenvalue weighted by Crippen LogP contribution is 2.58. The number of amides is 1. The first kappa shape index (κ1) is 31.5. The van der Waals surface area contributed by atoms with Crippen LogP contribution in [0.2, 0.25) is 0 Å². The number of aliphatic hydroxyl groups excluding tert-OH is 1. The van der Waals surface area contributed by atoms with Gasteiger partial charge in [-0.2, -0.15) is 4.98 Å². The van der Waals surface area contributed by atoms with E-state index in [1.165, 1.54) is 0 Å². The van der Waals surface area contributed by atoms with Crippen LogP contribution in [0.1, 0.15) is 40.3 Å². The van der Waals surface area contributed by atoms with E-state index in [9.17, 15) is 24.1 Å². The molecule has 3 rings (SSSR count). The molecular weight excluding hydrogens is 614 g/mol. The molecule has 2 aliphatic rings. The van der Waals surface area contributed by atoms with Crippen LogP contribution in [0.5, 0.6) is 0 Å². The highest BCUT2D eigenvalue weighted by atomic mass is 79.9. The van der Waals surface area contributed by atoms with Crippen molar-refractivity contribution in [3.8, 4) is 0 Å². The van der Waals surface area contributed by atoms with Gasteiger partial charge in [-0.3, -0.25) is 38.4 Å². The van der Waals surface area contributed by atoms with Gasteiger partial charge in [0.15, 0.2) is 18.1 Å². The molecule has 0 aliphatic carbocycles. The molecule has 220 valence electrons. The van der Waals surface area contributed by atoms with Gasteiger partial charge in [-0.1, -0.05) is 13.8 Å². The molecule has 4 N–H and O–H groups in total. The number of anilines is 1. The number of phosphoric ester groups is 1. The molecule has 2 fully saturated rings. The van der Waals surface area contributed by atoms with Gasteiger partial charge in [0, 0.05) is 18.2 Å². The lowest BCUT2D eigenvalue weighted by Gasteiger charge is -2.39. The summed E-state index contributed by atoms with van der Waals surface area (Å²) in [6, 6.07) is 1.16. The molecule has 39 heavy (non-hydrogen) atoms. The Bertz CT molecular complexity index is 1170. The summed E-state index contributed by atoms with van der Waals surface area (Å²) in [7, 11) is -4.40. The van der Waals surface area contributed by atoms with Crippen molar-refractivity contribution in [3.05, 3.63) is 22.7 Å². The average molecular weight is 645 g/mol. The molecule has 3 heterocycles. The predicted octanol–water partition coefficient (Wildman–Crippen LogP) is 1.39. The van der Waals surface area contributed by atoms with E-state index in [-0.39, 0.29) is 31.5 Å². The first-order valence-corrected chi connectivity index (χ1v) is 14.1. The van der Waals surface area contributed by atoms with E-state index in [2.05, 4.69) is 26.2 Å². The lowest BCUT2D eigenvalue weighted by atomic mass is 9.87. The van der Waals surface area contributed by atoms with Crippen molar-refractivity contribution in [2.24, 2.45) is 5.41 Å². The molecule has 0 bridgehead atoms. The maximum Gasteiger partial charge on any atom is 0.475 e. The number of esters is 1. The van der Waals surface area contributed by atoms with Crippen molar-refractivity contribution in [1.82, 2.24) is 14.9 Å². The summed E-state index contributed by atoms with van der Waals surface area (Å²) in [5, 5.41) is 21.9. The normalized spacial score (nSPS) is 32.1. The number of halogens is 2. The molecule has 15 nitrogen and oxygen atoms in total. The fraction of sp³-hybridized carbons (Fsp3) is 0.714. The lowest BCUT2D eigenvalue weighted by molar-refractivity contribution is -0.147. The van der Waals surface area contributed by atoms with Crippen LogP contribution in [0, 0.1) is 5.41 Å². The van der Waals surface area contributed by atoms with Crippen LogP contribution < -0.4 is 16.5 Å².